The molecule has 0 heterocycles. The molecule has 2 rings (SSSR count). The van der Waals surface area contributed by atoms with Crippen LogP contribution in [0.1, 0.15) is 34.8 Å². The molecule has 0 spiro atoms. The molecule has 0 aromatic heterocycles. The molecule has 0 aliphatic heterocycles. The van der Waals surface area contributed by atoms with Crippen LogP contribution in [0.25, 0.3) is 0 Å². The van der Waals surface area contributed by atoms with Crippen LogP contribution in [0.3, 0.4) is 0 Å². The topological polar surface area (TPSA) is 70.0 Å². The van der Waals surface area contributed by atoms with E-state index < -0.39 is 6.04 Å². The zero-order valence-corrected chi connectivity index (χ0v) is 13.1. The fourth-order valence-electron chi connectivity index (χ4n) is 2.12. The Morgan fingerprint density at radius 1 is 1.04 bits per heavy atom. The van der Waals surface area contributed by atoms with Crippen LogP contribution >= 0.6 is 11.6 Å². The zero-order valence-electron chi connectivity index (χ0n) is 12.3. The lowest BCUT2D eigenvalue weighted by Gasteiger charge is -2.13. The minimum Gasteiger partial charge on any atom is -0.337 e. The number of hydrogen-bond donors (Lipinski definition) is 1. The van der Waals surface area contributed by atoms with Crippen molar-refractivity contribution in [1.82, 2.24) is 5.32 Å². The number of halogens is 1. The normalized spacial score (nSPS) is 11.3. The fourth-order valence-corrected chi connectivity index (χ4v) is 2.36. The summed E-state index contributed by atoms with van der Waals surface area (Å²) in [6.07, 6.45) is 0.118. The summed E-state index contributed by atoms with van der Waals surface area (Å²) in [6.45, 7) is 0. The van der Waals surface area contributed by atoms with Crippen molar-refractivity contribution in [2.45, 2.75) is 18.9 Å². The van der Waals surface area contributed by atoms with E-state index in [-0.39, 0.29) is 24.5 Å². The van der Waals surface area contributed by atoms with Crippen molar-refractivity contribution < 1.29 is 9.59 Å². The second-order valence-corrected chi connectivity index (χ2v) is 5.35. The zero-order chi connectivity index (χ0) is 16.7. The van der Waals surface area contributed by atoms with Crippen molar-refractivity contribution in [3.05, 3.63) is 70.7 Å². The lowest BCUT2D eigenvalue weighted by Crippen LogP contribution is -2.28. The molecule has 0 saturated carbocycles. The van der Waals surface area contributed by atoms with E-state index in [2.05, 4.69) is 5.32 Å². The highest BCUT2D eigenvalue weighted by Gasteiger charge is 2.17. The Bertz CT molecular complexity index is 738. The Kier molecular flexibility index (Phi) is 5.90. The molecular formula is C18H15ClN2O2. The van der Waals surface area contributed by atoms with Gasteiger partial charge in [0.2, 0.25) is 5.91 Å². The minimum absolute atomic E-state index is 0.0242. The number of rotatable bonds is 6. The summed E-state index contributed by atoms with van der Waals surface area (Å²) < 4.78 is 0. The summed E-state index contributed by atoms with van der Waals surface area (Å²) in [5.41, 5.74) is 1.11. The molecule has 1 atom stereocenters. The van der Waals surface area contributed by atoms with Crippen LogP contribution in [-0.4, -0.2) is 11.7 Å². The van der Waals surface area contributed by atoms with Crippen LogP contribution in [0.2, 0.25) is 5.02 Å². The molecule has 0 aliphatic carbocycles. The molecule has 2 aromatic carbocycles. The van der Waals surface area contributed by atoms with Gasteiger partial charge in [-0.15, -0.1) is 0 Å². The minimum atomic E-state index is -0.831. The van der Waals surface area contributed by atoms with Crippen molar-refractivity contribution in [2.75, 3.05) is 0 Å². The largest absolute Gasteiger partial charge is 0.337 e. The van der Waals surface area contributed by atoms with Gasteiger partial charge in [-0.2, -0.15) is 5.26 Å². The summed E-state index contributed by atoms with van der Waals surface area (Å²) in [6, 6.07) is 16.8. The van der Waals surface area contributed by atoms with E-state index in [9.17, 15) is 14.9 Å². The lowest BCUT2D eigenvalue weighted by atomic mass is 10.1. The predicted molar refractivity (Wildman–Crippen MR) is 88.0 cm³/mol. The number of benzene rings is 2. The van der Waals surface area contributed by atoms with Crippen LogP contribution in [0.15, 0.2) is 54.6 Å². The number of ketones is 1. The maximum Gasteiger partial charge on any atom is 0.221 e. The lowest BCUT2D eigenvalue weighted by molar-refractivity contribution is -0.121. The monoisotopic (exact) mass is 326 g/mol. The Morgan fingerprint density at radius 3 is 2.35 bits per heavy atom. The Morgan fingerprint density at radius 2 is 1.70 bits per heavy atom. The third-order valence-corrected chi connectivity index (χ3v) is 3.67. The molecule has 0 aliphatic rings. The van der Waals surface area contributed by atoms with Gasteiger partial charge >= 0.3 is 0 Å². The summed E-state index contributed by atoms with van der Waals surface area (Å²) >= 11 is 6.03. The first-order chi connectivity index (χ1) is 11.1. The number of nitrogens with zero attached hydrogens (tertiary/aromatic N) is 1. The van der Waals surface area contributed by atoms with E-state index in [1.54, 1.807) is 48.5 Å². The van der Waals surface area contributed by atoms with E-state index in [1.807, 2.05) is 12.1 Å². The maximum absolute atomic E-state index is 12.0. The van der Waals surface area contributed by atoms with Gasteiger partial charge in [0.15, 0.2) is 5.78 Å². The fraction of sp³-hybridized carbons (Fsp3) is 0.167. The Hall–Kier alpha value is -2.64. The van der Waals surface area contributed by atoms with Crippen molar-refractivity contribution in [2.24, 2.45) is 0 Å². The first kappa shape index (κ1) is 16.7. The third-order valence-electron chi connectivity index (χ3n) is 3.33. The van der Waals surface area contributed by atoms with Gasteiger partial charge in [0, 0.05) is 29.0 Å². The molecule has 2 aromatic rings. The number of hydrogen-bond acceptors (Lipinski definition) is 3. The van der Waals surface area contributed by atoms with E-state index in [0.29, 0.717) is 16.1 Å². The molecule has 0 radical (unpaired) electrons. The smallest absolute Gasteiger partial charge is 0.221 e. The number of Topliss-reactive ketones (excluding diaryl/α,β-unsaturated/α-hetero) is 1. The number of nitrogens with one attached hydrogen (secondary N) is 1. The van der Waals surface area contributed by atoms with Gasteiger partial charge in [-0.25, -0.2) is 0 Å². The summed E-state index contributed by atoms with van der Waals surface area (Å²) in [5.74, 6) is -0.465. The molecule has 0 bridgehead atoms. The van der Waals surface area contributed by atoms with Crippen molar-refractivity contribution in [3.63, 3.8) is 0 Å². The molecule has 1 N–H and O–H groups in total. The molecule has 5 heteroatoms. The number of carbonyl (C=O) groups excluding carboxylic acids is 2. The van der Waals surface area contributed by atoms with Crippen LogP contribution in [0, 0.1) is 11.3 Å². The van der Waals surface area contributed by atoms with Gasteiger partial charge in [0.05, 0.1) is 6.07 Å². The molecule has 1 amide bonds. The summed E-state index contributed by atoms with van der Waals surface area (Å²) in [7, 11) is 0. The molecule has 0 saturated heterocycles. The highest BCUT2D eigenvalue weighted by Crippen LogP contribution is 2.22. The van der Waals surface area contributed by atoms with Crippen LogP contribution < -0.4 is 5.32 Å². The highest BCUT2D eigenvalue weighted by molar-refractivity contribution is 6.31. The van der Waals surface area contributed by atoms with E-state index in [0.717, 1.165) is 0 Å². The molecular weight excluding hydrogens is 312 g/mol. The first-order valence-corrected chi connectivity index (χ1v) is 7.51. The molecule has 116 valence electrons. The summed E-state index contributed by atoms with van der Waals surface area (Å²) in [4.78, 5) is 23.9. The quantitative estimate of drug-likeness (QED) is 0.823. The number of amides is 1. The third kappa shape index (κ3) is 4.67. The van der Waals surface area contributed by atoms with Crippen LogP contribution in [-0.2, 0) is 4.79 Å². The van der Waals surface area contributed by atoms with Gasteiger partial charge in [-0.05, 0) is 6.07 Å². The van der Waals surface area contributed by atoms with Gasteiger partial charge in [-0.3, -0.25) is 9.59 Å². The maximum atomic E-state index is 12.0. The second kappa shape index (κ2) is 8.11. The van der Waals surface area contributed by atoms with Gasteiger partial charge in [-0.1, -0.05) is 60.1 Å². The van der Waals surface area contributed by atoms with Crippen molar-refractivity contribution in [1.29, 1.82) is 5.26 Å². The van der Waals surface area contributed by atoms with Crippen molar-refractivity contribution in [3.8, 4) is 6.07 Å². The summed E-state index contributed by atoms with van der Waals surface area (Å²) in [5, 5.41) is 12.2. The van der Waals surface area contributed by atoms with Gasteiger partial charge < -0.3 is 5.32 Å². The van der Waals surface area contributed by atoms with E-state index in [4.69, 9.17) is 11.6 Å². The van der Waals surface area contributed by atoms with Gasteiger partial charge in [0.25, 0.3) is 0 Å². The predicted octanol–water partition coefficient (Wildman–Crippen LogP) is 3.68. The van der Waals surface area contributed by atoms with E-state index in [1.165, 1.54) is 0 Å². The standard InChI is InChI=1S/C18H15ClN2O2/c19-15-9-5-4-8-14(15)16(12-20)21-18(23)11-10-17(22)13-6-2-1-3-7-13/h1-9,16H,10-11H2,(H,21,23)/t16-/m0/s1. The highest BCUT2D eigenvalue weighted by atomic mass is 35.5. The Labute approximate surface area is 139 Å². The molecule has 0 unspecified atom stereocenters. The first-order valence-electron chi connectivity index (χ1n) is 7.13. The second-order valence-electron chi connectivity index (χ2n) is 4.94. The average molecular weight is 327 g/mol. The molecule has 23 heavy (non-hydrogen) atoms. The van der Waals surface area contributed by atoms with Crippen LogP contribution in [0.5, 0.6) is 0 Å². The van der Waals surface area contributed by atoms with Crippen LogP contribution in [0.4, 0.5) is 0 Å². The molecule has 0 fully saturated rings. The van der Waals surface area contributed by atoms with Crippen molar-refractivity contribution >= 4 is 23.3 Å². The molecule has 4 nitrogen and oxygen atoms in total. The number of carbonyl (C=O) groups is 2. The van der Waals surface area contributed by atoms with Gasteiger partial charge in [0.1, 0.15) is 6.04 Å². The average Bonchev–Trinajstić information content (AvgIpc) is 2.59. The SMILES string of the molecule is N#C[C@H](NC(=O)CCC(=O)c1ccccc1)c1ccccc1Cl. The van der Waals surface area contributed by atoms with E-state index >= 15 is 0 Å². The Balaban J connectivity index is 1.93. The number of nitriles is 1.